The van der Waals surface area contributed by atoms with Crippen LogP contribution in [0, 0.1) is 6.92 Å². The third-order valence-corrected chi connectivity index (χ3v) is 6.73. The number of amides is 1. The maximum atomic E-state index is 13.5. The number of carbonyl (C=O) groups excluding carboxylic acids is 2. The van der Waals surface area contributed by atoms with Crippen LogP contribution in [0.3, 0.4) is 0 Å². The number of imidazole rings is 1. The van der Waals surface area contributed by atoms with Gasteiger partial charge in [-0.1, -0.05) is 6.07 Å². The van der Waals surface area contributed by atoms with Gasteiger partial charge in [-0.2, -0.15) is 5.10 Å². The normalized spacial score (nSPS) is 16.4. The van der Waals surface area contributed by atoms with Gasteiger partial charge in [-0.05, 0) is 54.5 Å². The minimum atomic E-state index is -2.85. The number of hydrogen-bond donors (Lipinski definition) is 2. The minimum absolute atomic E-state index is 0.0265. The lowest BCUT2D eigenvalue weighted by Crippen LogP contribution is -2.31. The second kappa shape index (κ2) is 7.84. The number of carbonyl (C=O) groups is 2. The first kappa shape index (κ1) is 22.1. The molecule has 36 heavy (non-hydrogen) atoms. The van der Waals surface area contributed by atoms with Crippen molar-refractivity contribution in [2.45, 2.75) is 25.7 Å². The number of nitrogens with two attached hydrogens (primary N) is 1. The first-order valence-corrected chi connectivity index (χ1v) is 11.5. The van der Waals surface area contributed by atoms with E-state index in [9.17, 15) is 18.4 Å². The number of ketones is 1. The van der Waals surface area contributed by atoms with Crippen LogP contribution in [0.5, 0.6) is 0 Å². The summed E-state index contributed by atoms with van der Waals surface area (Å²) >= 11 is 0. The molecule has 0 bridgehead atoms. The Morgan fingerprint density at radius 3 is 2.78 bits per heavy atom. The maximum Gasteiger partial charge on any atom is 0.267 e. The van der Waals surface area contributed by atoms with Crippen molar-refractivity contribution in [1.82, 2.24) is 24.6 Å². The molecule has 8 nitrogen and oxygen atoms in total. The zero-order valence-electron chi connectivity index (χ0n) is 19.4. The van der Waals surface area contributed by atoms with Crippen molar-refractivity contribution in [3.63, 3.8) is 0 Å². The lowest BCUT2D eigenvalue weighted by atomic mass is 10.0. The van der Waals surface area contributed by atoms with Gasteiger partial charge in [0, 0.05) is 30.5 Å². The van der Waals surface area contributed by atoms with E-state index < -0.39 is 18.4 Å². The third kappa shape index (κ3) is 3.65. The van der Waals surface area contributed by atoms with Crippen molar-refractivity contribution in [2.75, 3.05) is 18.8 Å². The number of benzene rings is 2. The molecule has 3 heterocycles. The molecule has 10 heteroatoms. The van der Waals surface area contributed by atoms with E-state index in [4.69, 9.17) is 5.73 Å². The summed E-state index contributed by atoms with van der Waals surface area (Å²) < 4.78 is 28.6. The molecular formula is C26H22F2N6O2. The van der Waals surface area contributed by atoms with Crippen LogP contribution >= 0.6 is 0 Å². The molecule has 4 aromatic rings. The van der Waals surface area contributed by atoms with E-state index in [1.165, 1.54) is 15.8 Å². The van der Waals surface area contributed by atoms with Gasteiger partial charge in [0.15, 0.2) is 5.78 Å². The molecule has 1 aliphatic carbocycles. The second-order valence-electron chi connectivity index (χ2n) is 9.30. The number of alkyl halides is 2. The van der Waals surface area contributed by atoms with Gasteiger partial charge < -0.3 is 15.6 Å². The average Bonchev–Trinajstić information content (AvgIpc) is 3.61. The molecule has 1 aliphatic heterocycles. The smallest absolute Gasteiger partial charge is 0.267 e. The van der Waals surface area contributed by atoms with Crippen LogP contribution in [0.4, 0.5) is 14.6 Å². The number of aryl methyl sites for hydroxylation is 1. The highest BCUT2D eigenvalue weighted by atomic mass is 19.3. The molecule has 2 aromatic carbocycles. The zero-order chi connectivity index (χ0) is 25.2. The highest BCUT2D eigenvalue weighted by molar-refractivity contribution is 6.15. The highest BCUT2D eigenvalue weighted by Gasteiger charge is 2.40. The Kier molecular flexibility index (Phi) is 4.82. The van der Waals surface area contributed by atoms with Crippen LogP contribution < -0.4 is 5.73 Å². The number of Topliss-reactive ketones (excluding diaryl/α,β-unsaturated/α-hetero) is 1. The van der Waals surface area contributed by atoms with E-state index in [1.807, 2.05) is 25.1 Å². The number of nitrogen functional groups attached to an aromatic ring is 1. The molecule has 1 saturated heterocycles. The van der Waals surface area contributed by atoms with Crippen LogP contribution in [0.15, 0.2) is 48.2 Å². The molecule has 1 amide bonds. The number of hydrogen-bond acceptors (Lipinski definition) is 5. The van der Waals surface area contributed by atoms with Gasteiger partial charge in [0.2, 0.25) is 0 Å². The lowest BCUT2D eigenvalue weighted by Gasteiger charge is -2.16. The summed E-state index contributed by atoms with van der Waals surface area (Å²) in [6.07, 6.45) is 3.23. The molecule has 3 N–H and O–H groups in total. The first-order valence-electron chi connectivity index (χ1n) is 11.5. The van der Waals surface area contributed by atoms with Crippen LogP contribution in [0.25, 0.3) is 22.8 Å². The van der Waals surface area contributed by atoms with Crippen molar-refractivity contribution in [2.24, 2.45) is 0 Å². The second-order valence-corrected chi connectivity index (χ2v) is 9.30. The number of anilines is 1. The Morgan fingerprint density at radius 2 is 2.00 bits per heavy atom. The predicted octanol–water partition coefficient (Wildman–Crippen LogP) is 3.94. The Labute approximate surface area is 204 Å². The van der Waals surface area contributed by atoms with Gasteiger partial charge in [0.25, 0.3) is 11.8 Å². The molecule has 6 rings (SSSR count). The number of aromatic amines is 1. The Hall–Kier alpha value is -4.34. The number of fused-ring (bicyclic) bond motifs is 2. The lowest BCUT2D eigenvalue weighted by molar-refractivity contribution is 0.0120. The van der Waals surface area contributed by atoms with Crippen molar-refractivity contribution in [3.8, 4) is 5.69 Å². The number of halogens is 2. The van der Waals surface area contributed by atoms with Gasteiger partial charge in [-0.15, -0.1) is 0 Å². The zero-order valence-corrected chi connectivity index (χ0v) is 19.4. The molecule has 0 spiro atoms. The Balaban J connectivity index is 1.25. The summed E-state index contributed by atoms with van der Waals surface area (Å²) in [5.41, 5.74) is 11.4. The van der Waals surface area contributed by atoms with E-state index >= 15 is 0 Å². The van der Waals surface area contributed by atoms with Crippen LogP contribution in [-0.2, 0) is 6.42 Å². The Morgan fingerprint density at radius 1 is 1.17 bits per heavy atom. The van der Waals surface area contributed by atoms with E-state index in [2.05, 4.69) is 15.1 Å². The molecule has 182 valence electrons. The molecule has 1 fully saturated rings. The van der Waals surface area contributed by atoms with Crippen molar-refractivity contribution in [3.05, 3.63) is 76.2 Å². The molecule has 2 aliphatic rings. The quantitative estimate of drug-likeness (QED) is 0.423. The summed E-state index contributed by atoms with van der Waals surface area (Å²) in [7, 11) is 0. The van der Waals surface area contributed by atoms with E-state index in [0.29, 0.717) is 23.2 Å². The molecule has 0 atom stereocenters. The predicted molar refractivity (Wildman–Crippen MR) is 130 cm³/mol. The van der Waals surface area contributed by atoms with Gasteiger partial charge in [-0.3, -0.25) is 9.59 Å². The number of aromatic nitrogens is 4. The van der Waals surface area contributed by atoms with Gasteiger partial charge in [0.1, 0.15) is 11.6 Å². The summed E-state index contributed by atoms with van der Waals surface area (Å²) in [6, 6.07) is 10.6. The Bertz CT molecular complexity index is 1600. The topological polar surface area (TPSA) is 110 Å². The van der Waals surface area contributed by atoms with Crippen LogP contribution in [-0.4, -0.2) is 55.4 Å². The maximum absolute atomic E-state index is 13.5. The monoisotopic (exact) mass is 488 g/mol. The summed E-state index contributed by atoms with van der Waals surface area (Å²) in [6.45, 7) is 1.33. The molecular weight excluding hydrogens is 466 g/mol. The average molecular weight is 488 g/mol. The summed E-state index contributed by atoms with van der Waals surface area (Å²) in [5, 5.41) is 4.33. The number of allylic oxidation sites excluding steroid dienone is 1. The van der Waals surface area contributed by atoms with Crippen molar-refractivity contribution in [1.29, 1.82) is 0 Å². The summed E-state index contributed by atoms with van der Waals surface area (Å²) in [4.78, 5) is 34.8. The number of nitrogens with zero attached hydrogens (tertiary/aromatic N) is 4. The van der Waals surface area contributed by atoms with Gasteiger partial charge >= 0.3 is 0 Å². The minimum Gasteiger partial charge on any atom is -0.383 e. The molecule has 0 saturated carbocycles. The molecule has 0 unspecified atom stereocenters. The highest BCUT2D eigenvalue weighted by Crippen LogP contribution is 2.32. The first-order chi connectivity index (χ1) is 17.2. The SMILES string of the molecule is Cc1nc2ccc(-n3ncc(C(=O)C4=Cc5cc(C(=O)N6CCC(F)(F)C6)ccc5C4)c3N)cc2[nH]1. The number of H-pyrrole nitrogens is 1. The fraction of sp³-hybridized carbons (Fsp3) is 0.231. The fourth-order valence-corrected chi connectivity index (χ4v) is 4.87. The van der Waals surface area contributed by atoms with E-state index in [0.717, 1.165) is 28.0 Å². The van der Waals surface area contributed by atoms with Crippen molar-refractivity contribution < 1.29 is 18.4 Å². The van der Waals surface area contributed by atoms with Gasteiger partial charge in [0.05, 0.1) is 35.0 Å². The standard InChI is InChI=1S/C26H22F2N6O2/c1-14-31-21-5-4-19(11-22(21)32-14)34-24(29)20(12-30-34)23(35)18-8-15-2-3-16(9-17(15)10-18)25(36)33-7-6-26(27,28)13-33/h2-5,9-12H,6-8,13,29H2,1H3,(H,31,32). The number of likely N-dealkylation sites (tertiary alicyclic amines) is 1. The largest absolute Gasteiger partial charge is 0.383 e. The van der Waals surface area contributed by atoms with Crippen LogP contribution in [0.1, 0.15) is 44.1 Å². The van der Waals surface area contributed by atoms with E-state index in [1.54, 1.807) is 24.3 Å². The molecule has 0 radical (unpaired) electrons. The molecule has 2 aromatic heterocycles. The third-order valence-electron chi connectivity index (χ3n) is 6.73. The fourth-order valence-electron chi connectivity index (χ4n) is 4.87. The summed E-state index contributed by atoms with van der Waals surface area (Å²) in [5.74, 6) is -2.52. The number of nitrogens with one attached hydrogen (secondary N) is 1. The number of rotatable bonds is 4. The van der Waals surface area contributed by atoms with Crippen molar-refractivity contribution >= 4 is 34.6 Å². The van der Waals surface area contributed by atoms with E-state index in [-0.39, 0.29) is 30.1 Å². The van der Waals surface area contributed by atoms with Gasteiger partial charge in [-0.25, -0.2) is 18.4 Å². The van der Waals surface area contributed by atoms with Crippen LogP contribution in [0.2, 0.25) is 0 Å².